The quantitative estimate of drug-likeness (QED) is 0.744. The van der Waals surface area contributed by atoms with E-state index in [-0.39, 0.29) is 22.8 Å². The van der Waals surface area contributed by atoms with E-state index in [1.165, 1.54) is 0 Å². The Morgan fingerprint density at radius 1 is 1.14 bits per heavy atom. The van der Waals surface area contributed by atoms with E-state index in [0.29, 0.717) is 0 Å². The molecule has 0 heterocycles. The van der Waals surface area contributed by atoms with Crippen molar-refractivity contribution in [3.63, 3.8) is 0 Å². The summed E-state index contributed by atoms with van der Waals surface area (Å²) < 4.78 is 0. The molecule has 14 heavy (non-hydrogen) atoms. The van der Waals surface area contributed by atoms with Gasteiger partial charge in [-0.15, -0.1) is 0 Å². The van der Waals surface area contributed by atoms with E-state index < -0.39 is 0 Å². The lowest BCUT2D eigenvalue weighted by atomic mass is 9.75. The van der Waals surface area contributed by atoms with Gasteiger partial charge in [0, 0.05) is 11.5 Å². The topological polar surface area (TPSA) is 29.1 Å². The minimum atomic E-state index is -0.275. The molecule has 0 bridgehead atoms. The van der Waals surface area contributed by atoms with E-state index in [1.807, 2.05) is 27.7 Å². The highest BCUT2D eigenvalue weighted by molar-refractivity contribution is 5.82. The van der Waals surface area contributed by atoms with Crippen LogP contribution in [0.15, 0.2) is 0 Å². The van der Waals surface area contributed by atoms with Crippen LogP contribution in [0.1, 0.15) is 54.9 Å². The Morgan fingerprint density at radius 3 is 1.86 bits per heavy atom. The summed E-state index contributed by atoms with van der Waals surface area (Å²) in [6, 6.07) is 0.224. The second kappa shape index (κ2) is 4.33. The zero-order valence-corrected chi connectivity index (χ0v) is 10.7. The molecule has 0 aliphatic carbocycles. The van der Waals surface area contributed by atoms with Crippen LogP contribution in [-0.2, 0) is 4.79 Å². The van der Waals surface area contributed by atoms with Gasteiger partial charge in [-0.1, -0.05) is 34.6 Å². The minimum Gasteiger partial charge on any atom is -0.353 e. The molecule has 0 spiro atoms. The van der Waals surface area contributed by atoms with Gasteiger partial charge in [-0.2, -0.15) is 0 Å². The summed E-state index contributed by atoms with van der Waals surface area (Å²) in [4.78, 5) is 11.8. The first-order chi connectivity index (χ1) is 6.04. The smallest absolute Gasteiger partial charge is 0.225 e. The van der Waals surface area contributed by atoms with Crippen LogP contribution in [0.25, 0.3) is 0 Å². The second-order valence-electron chi connectivity index (χ2n) is 6.25. The lowest BCUT2D eigenvalue weighted by Gasteiger charge is -2.31. The maximum absolute atomic E-state index is 11.8. The highest BCUT2D eigenvalue weighted by Crippen LogP contribution is 2.33. The summed E-state index contributed by atoms with van der Waals surface area (Å²) in [5.74, 6) is 0.155. The zero-order valence-electron chi connectivity index (χ0n) is 10.7. The lowest BCUT2D eigenvalue weighted by Crippen LogP contribution is -2.42. The summed E-state index contributed by atoms with van der Waals surface area (Å²) in [6.45, 7) is 14.5. The number of hydrogen-bond acceptors (Lipinski definition) is 1. The summed E-state index contributed by atoms with van der Waals surface area (Å²) in [6.07, 6.45) is 0.901. The van der Waals surface area contributed by atoms with Crippen molar-refractivity contribution in [3.8, 4) is 0 Å². The molecule has 0 radical (unpaired) electrons. The van der Waals surface area contributed by atoms with Gasteiger partial charge in [0.15, 0.2) is 0 Å². The van der Waals surface area contributed by atoms with Gasteiger partial charge in [0.2, 0.25) is 5.91 Å². The number of nitrogens with one attached hydrogen (secondary N) is 1. The second-order valence-corrected chi connectivity index (χ2v) is 6.25. The molecule has 0 aliphatic rings. The van der Waals surface area contributed by atoms with Crippen molar-refractivity contribution in [2.24, 2.45) is 10.8 Å². The van der Waals surface area contributed by atoms with Gasteiger partial charge in [0.05, 0.1) is 0 Å². The Balaban J connectivity index is 4.38. The Morgan fingerprint density at radius 2 is 1.57 bits per heavy atom. The van der Waals surface area contributed by atoms with Crippen LogP contribution in [0, 0.1) is 10.8 Å². The van der Waals surface area contributed by atoms with E-state index in [4.69, 9.17) is 0 Å². The van der Waals surface area contributed by atoms with Crippen molar-refractivity contribution in [2.45, 2.75) is 60.9 Å². The first-order valence-corrected chi connectivity index (χ1v) is 5.35. The van der Waals surface area contributed by atoms with Gasteiger partial charge in [-0.25, -0.2) is 0 Å². The van der Waals surface area contributed by atoms with Crippen LogP contribution in [0.2, 0.25) is 0 Å². The molecular weight excluding hydrogens is 174 g/mol. The SMILES string of the molecule is CC(C)NC(=O)C(C)(C)CC(C)(C)C. The van der Waals surface area contributed by atoms with Gasteiger partial charge in [0.1, 0.15) is 0 Å². The molecule has 1 amide bonds. The molecule has 2 nitrogen and oxygen atoms in total. The van der Waals surface area contributed by atoms with E-state index >= 15 is 0 Å². The van der Waals surface area contributed by atoms with E-state index in [0.717, 1.165) is 6.42 Å². The van der Waals surface area contributed by atoms with Crippen molar-refractivity contribution >= 4 is 5.91 Å². The lowest BCUT2D eigenvalue weighted by molar-refractivity contribution is -0.131. The molecule has 1 N–H and O–H groups in total. The van der Waals surface area contributed by atoms with Crippen LogP contribution >= 0.6 is 0 Å². The number of amides is 1. The minimum absolute atomic E-state index is 0.155. The predicted molar refractivity (Wildman–Crippen MR) is 61.1 cm³/mol. The molecule has 0 unspecified atom stereocenters. The Hall–Kier alpha value is -0.530. The van der Waals surface area contributed by atoms with Gasteiger partial charge in [-0.05, 0) is 25.7 Å². The first-order valence-electron chi connectivity index (χ1n) is 5.35. The van der Waals surface area contributed by atoms with Crippen LogP contribution in [0.4, 0.5) is 0 Å². The average molecular weight is 199 g/mol. The molecule has 0 atom stereocenters. The number of carbonyl (C=O) groups excluding carboxylic acids is 1. The van der Waals surface area contributed by atoms with Crippen LogP contribution in [0.3, 0.4) is 0 Å². The Bertz CT molecular complexity index is 199. The van der Waals surface area contributed by atoms with Crippen molar-refractivity contribution in [3.05, 3.63) is 0 Å². The van der Waals surface area contributed by atoms with Gasteiger partial charge in [0.25, 0.3) is 0 Å². The van der Waals surface area contributed by atoms with Crippen LogP contribution in [-0.4, -0.2) is 11.9 Å². The third-order valence-corrected chi connectivity index (χ3v) is 2.01. The molecular formula is C12H25NO. The monoisotopic (exact) mass is 199 g/mol. The maximum Gasteiger partial charge on any atom is 0.225 e. The first kappa shape index (κ1) is 13.5. The van der Waals surface area contributed by atoms with Crippen molar-refractivity contribution in [1.29, 1.82) is 0 Å². The van der Waals surface area contributed by atoms with Gasteiger partial charge in [-0.3, -0.25) is 4.79 Å². The third-order valence-electron chi connectivity index (χ3n) is 2.01. The molecule has 0 aromatic heterocycles. The van der Waals surface area contributed by atoms with Gasteiger partial charge < -0.3 is 5.32 Å². The molecule has 84 valence electrons. The normalized spacial score (nSPS) is 13.1. The summed E-state index contributed by atoms with van der Waals surface area (Å²) in [5, 5.41) is 2.97. The number of hydrogen-bond donors (Lipinski definition) is 1. The van der Waals surface area contributed by atoms with E-state index in [1.54, 1.807) is 0 Å². The molecule has 0 fully saturated rings. The fourth-order valence-electron chi connectivity index (χ4n) is 1.86. The number of carbonyl (C=O) groups is 1. The summed E-state index contributed by atoms with van der Waals surface area (Å²) in [7, 11) is 0. The van der Waals surface area contributed by atoms with Gasteiger partial charge >= 0.3 is 0 Å². The molecule has 0 rings (SSSR count). The number of rotatable bonds is 3. The third kappa shape index (κ3) is 5.25. The molecule has 0 saturated carbocycles. The van der Waals surface area contributed by atoms with Crippen LogP contribution in [0.5, 0.6) is 0 Å². The fraction of sp³-hybridized carbons (Fsp3) is 0.917. The van der Waals surface area contributed by atoms with Crippen LogP contribution < -0.4 is 5.32 Å². The van der Waals surface area contributed by atoms with E-state index in [2.05, 4.69) is 26.1 Å². The molecule has 0 aromatic rings. The zero-order chi connectivity index (χ0) is 11.6. The summed E-state index contributed by atoms with van der Waals surface area (Å²) in [5.41, 5.74) is -0.0830. The highest BCUT2D eigenvalue weighted by atomic mass is 16.2. The molecule has 0 aromatic carbocycles. The largest absolute Gasteiger partial charge is 0.353 e. The maximum atomic E-state index is 11.8. The Kier molecular flexibility index (Phi) is 4.16. The molecule has 0 saturated heterocycles. The van der Waals surface area contributed by atoms with Crippen molar-refractivity contribution < 1.29 is 4.79 Å². The van der Waals surface area contributed by atoms with Crippen molar-refractivity contribution in [1.82, 2.24) is 5.32 Å². The average Bonchev–Trinajstić information content (AvgIpc) is 1.78. The summed E-state index contributed by atoms with van der Waals surface area (Å²) >= 11 is 0. The molecule has 2 heteroatoms. The highest BCUT2D eigenvalue weighted by Gasteiger charge is 2.32. The standard InChI is InChI=1S/C12H25NO/c1-9(2)13-10(14)12(6,7)8-11(3,4)5/h9H,8H2,1-7H3,(H,13,14). The predicted octanol–water partition coefficient (Wildman–Crippen LogP) is 2.97. The Labute approximate surface area is 88.5 Å². The fourth-order valence-corrected chi connectivity index (χ4v) is 1.86. The van der Waals surface area contributed by atoms with E-state index in [9.17, 15) is 4.79 Å². The molecule has 0 aliphatic heterocycles. The van der Waals surface area contributed by atoms with Crippen molar-refractivity contribution in [2.75, 3.05) is 0 Å².